The van der Waals surface area contributed by atoms with Crippen LogP contribution >= 0.6 is 0 Å². The molecule has 0 unspecified atom stereocenters. The summed E-state index contributed by atoms with van der Waals surface area (Å²) in [6.45, 7) is 2.12. The molecule has 0 aliphatic heterocycles. The molecule has 2 N–H and O–H groups in total. The smallest absolute Gasteiger partial charge is 0.249 e. The molecule has 1 aromatic heterocycles. The zero-order chi connectivity index (χ0) is 18.4. The standard InChI is InChI=1S/C19H21N5O2/c1-4-13-5-7-14(8-6-13)21-19-23-18(12-20-24-19)22-16-11-15(25-2)9-10-17(16)26-3/h5-12H,4H2,1-3H3,(H2,21,22,23,24). The first kappa shape index (κ1) is 17.5. The van der Waals surface area contributed by atoms with Crippen LogP contribution in [-0.4, -0.2) is 29.4 Å². The number of rotatable bonds is 7. The number of nitrogens with zero attached hydrogens (tertiary/aromatic N) is 3. The van der Waals surface area contributed by atoms with Gasteiger partial charge in [-0.05, 0) is 36.2 Å². The van der Waals surface area contributed by atoms with E-state index >= 15 is 0 Å². The minimum Gasteiger partial charge on any atom is -0.497 e. The highest BCUT2D eigenvalue weighted by Gasteiger charge is 2.08. The number of methoxy groups -OCH3 is 2. The van der Waals surface area contributed by atoms with Gasteiger partial charge in [-0.2, -0.15) is 10.1 Å². The largest absolute Gasteiger partial charge is 0.497 e. The number of anilines is 4. The lowest BCUT2D eigenvalue weighted by Crippen LogP contribution is -2.03. The van der Waals surface area contributed by atoms with Gasteiger partial charge >= 0.3 is 0 Å². The molecule has 3 aromatic rings. The van der Waals surface area contributed by atoms with E-state index in [1.807, 2.05) is 30.3 Å². The molecule has 1 heterocycles. The van der Waals surface area contributed by atoms with Crippen molar-refractivity contribution in [3.63, 3.8) is 0 Å². The van der Waals surface area contributed by atoms with Gasteiger partial charge in [0.25, 0.3) is 0 Å². The molecule has 0 atom stereocenters. The van der Waals surface area contributed by atoms with Crippen LogP contribution in [0, 0.1) is 0 Å². The highest BCUT2D eigenvalue weighted by Crippen LogP contribution is 2.31. The van der Waals surface area contributed by atoms with Gasteiger partial charge in [0.1, 0.15) is 11.5 Å². The predicted molar refractivity (Wildman–Crippen MR) is 102 cm³/mol. The Balaban J connectivity index is 1.79. The Kier molecular flexibility index (Phi) is 5.48. The second-order valence-corrected chi connectivity index (χ2v) is 5.53. The van der Waals surface area contributed by atoms with Gasteiger partial charge in [0.05, 0.1) is 26.1 Å². The molecule has 3 rings (SSSR count). The van der Waals surface area contributed by atoms with Crippen LogP contribution in [0.4, 0.5) is 23.1 Å². The van der Waals surface area contributed by atoms with Crippen LogP contribution < -0.4 is 20.1 Å². The van der Waals surface area contributed by atoms with Gasteiger partial charge < -0.3 is 20.1 Å². The summed E-state index contributed by atoms with van der Waals surface area (Å²) < 4.78 is 10.6. The van der Waals surface area contributed by atoms with E-state index in [-0.39, 0.29) is 0 Å². The molecule has 134 valence electrons. The molecule has 7 heteroatoms. The highest BCUT2D eigenvalue weighted by molar-refractivity contribution is 5.66. The van der Waals surface area contributed by atoms with Crippen LogP contribution in [0.1, 0.15) is 12.5 Å². The van der Waals surface area contributed by atoms with Crippen molar-refractivity contribution in [2.45, 2.75) is 13.3 Å². The van der Waals surface area contributed by atoms with E-state index in [1.165, 1.54) is 5.56 Å². The van der Waals surface area contributed by atoms with Crippen molar-refractivity contribution in [1.82, 2.24) is 15.2 Å². The normalized spacial score (nSPS) is 10.3. The Bertz CT molecular complexity index is 868. The van der Waals surface area contributed by atoms with Crippen LogP contribution in [0.3, 0.4) is 0 Å². The van der Waals surface area contributed by atoms with Crippen LogP contribution in [-0.2, 0) is 6.42 Å². The van der Waals surface area contributed by atoms with Crippen molar-refractivity contribution < 1.29 is 9.47 Å². The number of nitrogens with one attached hydrogen (secondary N) is 2. The number of ether oxygens (including phenoxy) is 2. The topological polar surface area (TPSA) is 81.2 Å². The van der Waals surface area contributed by atoms with Crippen molar-refractivity contribution >= 4 is 23.1 Å². The van der Waals surface area contributed by atoms with Gasteiger partial charge in [0.2, 0.25) is 5.95 Å². The monoisotopic (exact) mass is 351 g/mol. The highest BCUT2D eigenvalue weighted by atomic mass is 16.5. The average Bonchev–Trinajstić information content (AvgIpc) is 2.69. The van der Waals surface area contributed by atoms with E-state index in [4.69, 9.17) is 9.47 Å². The molecule has 0 radical (unpaired) electrons. The third kappa shape index (κ3) is 4.18. The molecule has 26 heavy (non-hydrogen) atoms. The number of hydrogen-bond acceptors (Lipinski definition) is 7. The fourth-order valence-corrected chi connectivity index (χ4v) is 2.42. The lowest BCUT2D eigenvalue weighted by atomic mass is 10.1. The lowest BCUT2D eigenvalue weighted by molar-refractivity contribution is 0.405. The third-order valence-corrected chi connectivity index (χ3v) is 3.85. The van der Waals surface area contributed by atoms with E-state index in [1.54, 1.807) is 20.4 Å². The Morgan fingerprint density at radius 2 is 1.77 bits per heavy atom. The molecule has 2 aromatic carbocycles. The quantitative estimate of drug-likeness (QED) is 0.667. The molecule has 0 saturated heterocycles. The van der Waals surface area contributed by atoms with Gasteiger partial charge in [-0.1, -0.05) is 19.1 Å². The Hall–Kier alpha value is -3.35. The maximum absolute atomic E-state index is 5.37. The lowest BCUT2D eigenvalue weighted by Gasteiger charge is -2.12. The maximum Gasteiger partial charge on any atom is 0.249 e. The van der Waals surface area contributed by atoms with Crippen molar-refractivity contribution in [2.24, 2.45) is 0 Å². The summed E-state index contributed by atoms with van der Waals surface area (Å²) in [6, 6.07) is 13.6. The average molecular weight is 351 g/mol. The molecule has 0 spiro atoms. The molecular formula is C19H21N5O2. The summed E-state index contributed by atoms with van der Waals surface area (Å²) >= 11 is 0. The molecule has 0 fully saturated rings. The first-order chi connectivity index (χ1) is 12.7. The molecule has 0 bridgehead atoms. The fourth-order valence-electron chi connectivity index (χ4n) is 2.42. The van der Waals surface area contributed by atoms with Crippen molar-refractivity contribution in [3.05, 3.63) is 54.2 Å². The molecule has 0 aliphatic rings. The van der Waals surface area contributed by atoms with Crippen molar-refractivity contribution in [1.29, 1.82) is 0 Å². The first-order valence-electron chi connectivity index (χ1n) is 8.26. The first-order valence-corrected chi connectivity index (χ1v) is 8.26. The van der Waals surface area contributed by atoms with Gasteiger partial charge in [0, 0.05) is 11.8 Å². The van der Waals surface area contributed by atoms with Gasteiger partial charge in [0.15, 0.2) is 5.82 Å². The Labute approximate surface area is 152 Å². The van der Waals surface area contributed by atoms with E-state index in [0.717, 1.165) is 17.8 Å². The molecule has 0 aliphatic carbocycles. The van der Waals surface area contributed by atoms with E-state index < -0.39 is 0 Å². The maximum atomic E-state index is 5.37. The van der Waals surface area contributed by atoms with Gasteiger partial charge in [-0.15, -0.1) is 5.10 Å². The van der Waals surface area contributed by atoms with Crippen molar-refractivity contribution in [2.75, 3.05) is 24.9 Å². The summed E-state index contributed by atoms with van der Waals surface area (Å²) in [4.78, 5) is 4.44. The van der Waals surface area contributed by atoms with Gasteiger partial charge in [-0.3, -0.25) is 0 Å². The number of aromatic nitrogens is 3. The second kappa shape index (κ2) is 8.15. The van der Waals surface area contributed by atoms with Crippen LogP contribution in [0.15, 0.2) is 48.7 Å². The third-order valence-electron chi connectivity index (χ3n) is 3.85. The van der Waals surface area contributed by atoms with Crippen molar-refractivity contribution in [3.8, 4) is 11.5 Å². The number of benzene rings is 2. The zero-order valence-corrected chi connectivity index (χ0v) is 15.0. The van der Waals surface area contributed by atoms with E-state index in [2.05, 4.69) is 44.9 Å². The molecule has 0 amide bonds. The fraction of sp³-hybridized carbons (Fsp3) is 0.211. The van der Waals surface area contributed by atoms with E-state index in [0.29, 0.717) is 23.3 Å². The summed E-state index contributed by atoms with van der Waals surface area (Å²) in [6.07, 6.45) is 2.55. The zero-order valence-electron chi connectivity index (χ0n) is 15.0. The number of hydrogen-bond donors (Lipinski definition) is 2. The molecule has 7 nitrogen and oxygen atoms in total. The minimum absolute atomic E-state index is 0.404. The van der Waals surface area contributed by atoms with E-state index in [9.17, 15) is 0 Å². The van der Waals surface area contributed by atoms with Gasteiger partial charge in [-0.25, -0.2) is 0 Å². The Morgan fingerprint density at radius 3 is 2.46 bits per heavy atom. The predicted octanol–water partition coefficient (Wildman–Crippen LogP) is 3.94. The molecule has 0 saturated carbocycles. The Morgan fingerprint density at radius 1 is 0.962 bits per heavy atom. The SMILES string of the molecule is CCc1ccc(Nc2nncc(Nc3cc(OC)ccc3OC)n2)cc1. The number of aryl methyl sites for hydroxylation is 1. The van der Waals surface area contributed by atoms with Crippen LogP contribution in [0.5, 0.6) is 11.5 Å². The summed E-state index contributed by atoms with van der Waals surface area (Å²) in [5.41, 5.74) is 2.90. The summed E-state index contributed by atoms with van der Waals surface area (Å²) in [5.74, 6) is 2.33. The minimum atomic E-state index is 0.404. The molecular weight excluding hydrogens is 330 g/mol. The summed E-state index contributed by atoms with van der Waals surface area (Å²) in [5, 5.41) is 14.4. The van der Waals surface area contributed by atoms with Crippen LogP contribution in [0.25, 0.3) is 0 Å². The van der Waals surface area contributed by atoms with Crippen LogP contribution in [0.2, 0.25) is 0 Å². The second-order valence-electron chi connectivity index (χ2n) is 5.53. The summed E-state index contributed by atoms with van der Waals surface area (Å²) in [7, 11) is 3.22.